The molecular weight excluding hydrogens is 260 g/mol. The van der Waals surface area contributed by atoms with Crippen LogP contribution in [0, 0.1) is 13.8 Å². The van der Waals surface area contributed by atoms with Crippen LogP contribution in [-0.4, -0.2) is 16.8 Å². The van der Waals surface area contributed by atoms with E-state index in [4.69, 9.17) is 4.79 Å². The highest BCUT2D eigenvalue weighted by molar-refractivity contribution is 5.64. The second-order valence-corrected chi connectivity index (χ2v) is 4.88. The van der Waals surface area contributed by atoms with Gasteiger partial charge < -0.3 is 9.78 Å². The molecule has 1 aromatic heterocycles. The Balaban J connectivity index is 0.000000775. The Hall–Kier alpha value is -2.68. The summed E-state index contributed by atoms with van der Waals surface area (Å²) in [5.41, 5.74) is 5.85. The standard InChI is InChI=1S/C17H16N2.CH2O.H2/c1-12-3-7-14(8-4-12)16-11-18-17(19-16)15-9-5-13(2)6-10-15;1-2;/h3-11H,1-2H3,(H,18,19);1H2;1H. The summed E-state index contributed by atoms with van der Waals surface area (Å²) in [5, 5.41) is 0. The van der Waals surface area contributed by atoms with Crippen molar-refractivity contribution in [3.8, 4) is 22.6 Å². The van der Waals surface area contributed by atoms with Gasteiger partial charge in [-0.1, -0.05) is 59.7 Å². The van der Waals surface area contributed by atoms with Gasteiger partial charge in [0.1, 0.15) is 12.6 Å². The maximum Gasteiger partial charge on any atom is 0.137 e. The van der Waals surface area contributed by atoms with E-state index in [1.807, 2.05) is 13.0 Å². The van der Waals surface area contributed by atoms with E-state index in [-0.39, 0.29) is 1.43 Å². The fourth-order valence-electron chi connectivity index (χ4n) is 2.06. The number of carbonyl (C=O) groups is 1. The molecule has 0 amide bonds. The molecule has 0 aliphatic carbocycles. The molecule has 1 N–H and O–H groups in total. The summed E-state index contributed by atoms with van der Waals surface area (Å²) in [6.45, 7) is 6.18. The van der Waals surface area contributed by atoms with Crippen molar-refractivity contribution in [2.24, 2.45) is 0 Å². The molecule has 108 valence electrons. The molecule has 1 heterocycles. The quantitative estimate of drug-likeness (QED) is 0.755. The number of nitrogens with one attached hydrogen (secondary N) is 1. The number of nitrogens with zero attached hydrogens (tertiary/aromatic N) is 1. The van der Waals surface area contributed by atoms with Crippen molar-refractivity contribution in [3.05, 3.63) is 65.9 Å². The van der Waals surface area contributed by atoms with Crippen LogP contribution in [-0.2, 0) is 4.79 Å². The summed E-state index contributed by atoms with van der Waals surface area (Å²) in [6, 6.07) is 16.8. The van der Waals surface area contributed by atoms with Crippen LogP contribution in [0.15, 0.2) is 54.7 Å². The van der Waals surface area contributed by atoms with Crippen molar-refractivity contribution < 1.29 is 6.22 Å². The van der Waals surface area contributed by atoms with Gasteiger partial charge in [0.25, 0.3) is 0 Å². The average Bonchev–Trinajstić information content (AvgIpc) is 3.01. The lowest BCUT2D eigenvalue weighted by molar-refractivity contribution is -0.0979. The molecule has 21 heavy (non-hydrogen) atoms. The molecule has 3 rings (SSSR count). The third-order valence-corrected chi connectivity index (χ3v) is 3.26. The molecule has 0 unspecified atom stereocenters. The monoisotopic (exact) mass is 280 g/mol. The molecule has 3 nitrogen and oxygen atoms in total. The molecule has 0 aliphatic heterocycles. The van der Waals surface area contributed by atoms with Gasteiger partial charge >= 0.3 is 0 Å². The van der Waals surface area contributed by atoms with Crippen LogP contribution in [0.3, 0.4) is 0 Å². The number of benzene rings is 2. The van der Waals surface area contributed by atoms with Crippen molar-refractivity contribution in [3.63, 3.8) is 0 Å². The maximum atomic E-state index is 8.00. The number of aryl methyl sites for hydroxylation is 2. The summed E-state index contributed by atoms with van der Waals surface area (Å²) in [5.74, 6) is 0.913. The van der Waals surface area contributed by atoms with E-state index in [9.17, 15) is 0 Å². The lowest BCUT2D eigenvalue weighted by Gasteiger charge is -1.99. The molecule has 0 spiro atoms. The Bertz CT molecular complexity index is 643. The number of imidazole rings is 1. The minimum Gasteiger partial charge on any atom is -0.338 e. The molecule has 0 saturated heterocycles. The highest BCUT2D eigenvalue weighted by atomic mass is 16.1. The molecule has 0 atom stereocenters. The minimum absolute atomic E-state index is 0. The third-order valence-electron chi connectivity index (χ3n) is 3.26. The van der Waals surface area contributed by atoms with Crippen LogP contribution < -0.4 is 0 Å². The SMILES string of the molecule is C=O.Cc1ccc(-c2cnc(-c3ccc(C)cc3)[nH]2)cc1.[HH]. The van der Waals surface area contributed by atoms with Gasteiger partial charge in [-0.25, -0.2) is 4.98 Å². The Morgan fingerprint density at radius 3 is 1.86 bits per heavy atom. The summed E-state index contributed by atoms with van der Waals surface area (Å²) in [7, 11) is 0. The Morgan fingerprint density at radius 2 is 1.33 bits per heavy atom. The first kappa shape index (κ1) is 14.7. The largest absolute Gasteiger partial charge is 0.338 e. The second-order valence-electron chi connectivity index (χ2n) is 4.88. The van der Waals surface area contributed by atoms with Gasteiger partial charge in [-0.3, -0.25) is 0 Å². The van der Waals surface area contributed by atoms with E-state index in [1.54, 1.807) is 0 Å². The number of H-pyrrole nitrogens is 1. The summed E-state index contributed by atoms with van der Waals surface area (Å²) >= 11 is 0. The lowest BCUT2D eigenvalue weighted by Crippen LogP contribution is -1.82. The molecule has 0 bridgehead atoms. The Kier molecular flexibility index (Phi) is 4.67. The zero-order chi connectivity index (χ0) is 15.2. The highest BCUT2D eigenvalue weighted by Crippen LogP contribution is 2.22. The Labute approximate surface area is 126 Å². The fourth-order valence-corrected chi connectivity index (χ4v) is 2.06. The number of hydrogen-bond donors (Lipinski definition) is 1. The maximum absolute atomic E-state index is 8.00. The number of aromatic amines is 1. The van der Waals surface area contributed by atoms with Crippen LogP contribution in [0.2, 0.25) is 0 Å². The topological polar surface area (TPSA) is 45.8 Å². The zero-order valence-corrected chi connectivity index (χ0v) is 12.3. The number of aromatic nitrogens is 2. The summed E-state index contributed by atoms with van der Waals surface area (Å²) in [6.07, 6.45) is 1.89. The smallest absolute Gasteiger partial charge is 0.137 e. The number of rotatable bonds is 2. The molecular formula is C18H20N2O. The molecule has 0 fully saturated rings. The fraction of sp³-hybridized carbons (Fsp3) is 0.111. The van der Waals surface area contributed by atoms with Crippen molar-refractivity contribution >= 4 is 6.79 Å². The Morgan fingerprint density at radius 1 is 0.857 bits per heavy atom. The van der Waals surface area contributed by atoms with Gasteiger partial charge in [-0.05, 0) is 19.4 Å². The number of carbonyl (C=O) groups excluding carboxylic acids is 1. The predicted molar refractivity (Wildman–Crippen MR) is 88.2 cm³/mol. The van der Waals surface area contributed by atoms with Gasteiger partial charge in [-0.2, -0.15) is 0 Å². The van der Waals surface area contributed by atoms with Crippen LogP contribution in [0.1, 0.15) is 12.6 Å². The highest BCUT2D eigenvalue weighted by Gasteiger charge is 2.04. The molecule has 3 heteroatoms. The van der Waals surface area contributed by atoms with E-state index in [1.165, 1.54) is 11.1 Å². The third kappa shape index (κ3) is 3.45. The first-order chi connectivity index (χ1) is 10.2. The zero-order valence-electron chi connectivity index (χ0n) is 12.3. The van der Waals surface area contributed by atoms with Gasteiger partial charge in [0.15, 0.2) is 0 Å². The molecule has 2 aromatic carbocycles. The first-order valence-electron chi connectivity index (χ1n) is 6.70. The van der Waals surface area contributed by atoms with Crippen LogP contribution in [0.5, 0.6) is 0 Å². The van der Waals surface area contributed by atoms with E-state index in [0.717, 1.165) is 22.6 Å². The molecule has 0 radical (unpaired) electrons. The van der Waals surface area contributed by atoms with E-state index < -0.39 is 0 Å². The normalized spacial score (nSPS) is 9.81. The summed E-state index contributed by atoms with van der Waals surface area (Å²) < 4.78 is 0. The van der Waals surface area contributed by atoms with Crippen LogP contribution in [0.4, 0.5) is 0 Å². The van der Waals surface area contributed by atoms with Crippen molar-refractivity contribution in [2.75, 3.05) is 0 Å². The summed E-state index contributed by atoms with van der Waals surface area (Å²) in [4.78, 5) is 15.8. The van der Waals surface area contributed by atoms with Crippen molar-refractivity contribution in [1.29, 1.82) is 0 Å². The number of hydrogen-bond acceptors (Lipinski definition) is 2. The average molecular weight is 280 g/mol. The predicted octanol–water partition coefficient (Wildman–Crippen LogP) is 4.42. The van der Waals surface area contributed by atoms with Gasteiger partial charge in [0, 0.05) is 6.99 Å². The minimum atomic E-state index is 0. The van der Waals surface area contributed by atoms with Gasteiger partial charge in [0.2, 0.25) is 0 Å². The van der Waals surface area contributed by atoms with Gasteiger partial charge in [0.05, 0.1) is 11.9 Å². The van der Waals surface area contributed by atoms with E-state index in [0.29, 0.717) is 0 Å². The lowest BCUT2D eigenvalue weighted by atomic mass is 10.1. The first-order valence-corrected chi connectivity index (χ1v) is 6.70. The molecule has 0 saturated carbocycles. The molecule has 3 aromatic rings. The van der Waals surface area contributed by atoms with Crippen molar-refractivity contribution in [2.45, 2.75) is 13.8 Å². The van der Waals surface area contributed by atoms with Gasteiger partial charge in [-0.15, -0.1) is 0 Å². The van der Waals surface area contributed by atoms with E-state index in [2.05, 4.69) is 72.3 Å². The second kappa shape index (κ2) is 6.66. The molecule has 0 aliphatic rings. The van der Waals surface area contributed by atoms with Crippen LogP contribution >= 0.6 is 0 Å². The van der Waals surface area contributed by atoms with E-state index >= 15 is 0 Å². The van der Waals surface area contributed by atoms with Crippen LogP contribution in [0.25, 0.3) is 22.6 Å². The van der Waals surface area contributed by atoms with Crippen molar-refractivity contribution in [1.82, 2.24) is 9.97 Å².